The molecule has 2 aromatic carbocycles. The molecular weight excluding hydrogens is 380 g/mol. The van der Waals surface area contributed by atoms with Gasteiger partial charge in [0.25, 0.3) is 0 Å². The Kier molecular flexibility index (Phi) is 4.96. The Morgan fingerprint density at radius 2 is 2.00 bits per heavy atom. The molecule has 0 amide bonds. The molecule has 0 saturated carbocycles. The van der Waals surface area contributed by atoms with Gasteiger partial charge in [0.05, 0.1) is 17.8 Å². The summed E-state index contributed by atoms with van der Waals surface area (Å²) < 4.78 is 16.4. The molecule has 7 heteroatoms. The van der Waals surface area contributed by atoms with Gasteiger partial charge in [-0.1, -0.05) is 11.6 Å². The second kappa shape index (κ2) is 7.56. The Labute approximate surface area is 167 Å². The number of aryl methyl sites for hydroxylation is 1. The van der Waals surface area contributed by atoms with E-state index in [0.29, 0.717) is 41.0 Å². The molecule has 1 N–H and O–H groups in total. The predicted octanol–water partition coefficient (Wildman–Crippen LogP) is 4.89. The van der Waals surface area contributed by atoms with Gasteiger partial charge < -0.3 is 19.5 Å². The number of aromatic nitrogens is 1. The van der Waals surface area contributed by atoms with Crippen molar-refractivity contribution in [3.63, 3.8) is 0 Å². The van der Waals surface area contributed by atoms with Crippen LogP contribution in [0.2, 0.25) is 5.02 Å². The molecule has 3 aromatic rings. The van der Waals surface area contributed by atoms with E-state index in [4.69, 9.17) is 25.8 Å². The van der Waals surface area contributed by atoms with Gasteiger partial charge in [0.2, 0.25) is 0 Å². The van der Waals surface area contributed by atoms with E-state index in [1.165, 1.54) is 6.20 Å². The number of nitrogens with one attached hydrogen (secondary N) is 1. The Balaban J connectivity index is 1.85. The van der Waals surface area contributed by atoms with E-state index in [2.05, 4.69) is 10.3 Å². The molecular formula is C21H19ClN2O4. The lowest BCUT2D eigenvalue weighted by molar-refractivity contribution is 0.0527. The molecule has 1 aliphatic rings. The van der Waals surface area contributed by atoms with Crippen molar-refractivity contribution in [1.82, 2.24) is 4.98 Å². The quantitative estimate of drug-likeness (QED) is 0.631. The third kappa shape index (κ3) is 3.43. The lowest BCUT2D eigenvalue weighted by Gasteiger charge is -2.20. The van der Waals surface area contributed by atoms with Crippen molar-refractivity contribution in [3.8, 4) is 11.5 Å². The molecule has 4 rings (SSSR count). The van der Waals surface area contributed by atoms with Gasteiger partial charge in [-0.05, 0) is 43.7 Å². The number of hydrogen-bond acceptors (Lipinski definition) is 6. The van der Waals surface area contributed by atoms with Gasteiger partial charge in [0.1, 0.15) is 18.8 Å². The van der Waals surface area contributed by atoms with Crippen LogP contribution in [0.15, 0.2) is 36.5 Å². The topological polar surface area (TPSA) is 69.7 Å². The maximum Gasteiger partial charge on any atom is 0.341 e. The van der Waals surface area contributed by atoms with Crippen LogP contribution in [0.4, 0.5) is 11.4 Å². The van der Waals surface area contributed by atoms with Gasteiger partial charge in [-0.15, -0.1) is 0 Å². The van der Waals surface area contributed by atoms with Gasteiger partial charge in [-0.2, -0.15) is 0 Å². The highest BCUT2D eigenvalue weighted by Crippen LogP contribution is 2.37. The first-order valence-corrected chi connectivity index (χ1v) is 9.37. The summed E-state index contributed by atoms with van der Waals surface area (Å²) in [4.78, 5) is 17.0. The number of esters is 1. The Morgan fingerprint density at radius 3 is 2.79 bits per heavy atom. The number of fused-ring (bicyclic) bond motifs is 2. The molecule has 0 fully saturated rings. The Morgan fingerprint density at radius 1 is 1.21 bits per heavy atom. The number of benzene rings is 2. The Bertz CT molecular complexity index is 1070. The fourth-order valence-electron chi connectivity index (χ4n) is 3.20. The molecule has 0 saturated heterocycles. The van der Waals surface area contributed by atoms with Gasteiger partial charge in [0, 0.05) is 28.4 Å². The van der Waals surface area contributed by atoms with Crippen LogP contribution in [-0.2, 0) is 4.74 Å². The second-order valence-corrected chi connectivity index (χ2v) is 6.81. The minimum Gasteiger partial charge on any atom is -0.486 e. The SMILES string of the molecule is CCOC(=O)c1cnc2c(C)cc(Cl)cc2c1Nc1ccc2c(c1)OCCO2. The highest BCUT2D eigenvalue weighted by molar-refractivity contribution is 6.31. The molecule has 0 spiro atoms. The molecule has 144 valence electrons. The number of rotatable bonds is 4. The summed E-state index contributed by atoms with van der Waals surface area (Å²) >= 11 is 6.28. The van der Waals surface area contributed by atoms with Crippen LogP contribution >= 0.6 is 11.6 Å². The maximum atomic E-state index is 12.5. The van der Waals surface area contributed by atoms with Crippen LogP contribution in [0.5, 0.6) is 11.5 Å². The van der Waals surface area contributed by atoms with Crippen molar-refractivity contribution >= 4 is 39.8 Å². The van der Waals surface area contributed by atoms with Crippen LogP contribution < -0.4 is 14.8 Å². The summed E-state index contributed by atoms with van der Waals surface area (Å²) in [6, 6.07) is 9.18. The van der Waals surface area contributed by atoms with E-state index >= 15 is 0 Å². The summed E-state index contributed by atoms with van der Waals surface area (Å²) in [7, 11) is 0. The molecule has 0 atom stereocenters. The molecule has 2 heterocycles. The van der Waals surface area contributed by atoms with Gasteiger partial charge in [-0.25, -0.2) is 4.79 Å². The fourth-order valence-corrected chi connectivity index (χ4v) is 3.47. The van der Waals surface area contributed by atoms with Crippen LogP contribution in [0, 0.1) is 6.92 Å². The molecule has 6 nitrogen and oxygen atoms in total. The number of carbonyl (C=O) groups is 1. The summed E-state index contributed by atoms with van der Waals surface area (Å²) in [5.41, 5.74) is 3.36. The third-order valence-corrected chi connectivity index (χ3v) is 4.65. The molecule has 1 aromatic heterocycles. The number of pyridine rings is 1. The van der Waals surface area contributed by atoms with E-state index in [9.17, 15) is 4.79 Å². The molecule has 0 radical (unpaired) electrons. The summed E-state index contributed by atoms with van der Waals surface area (Å²) in [5, 5.41) is 4.63. The zero-order valence-corrected chi connectivity index (χ0v) is 16.3. The largest absolute Gasteiger partial charge is 0.486 e. The molecule has 0 unspecified atom stereocenters. The van der Waals surface area contributed by atoms with Gasteiger partial charge in [0.15, 0.2) is 11.5 Å². The first-order chi connectivity index (χ1) is 13.6. The van der Waals surface area contributed by atoms with Crippen molar-refractivity contribution in [3.05, 3.63) is 52.7 Å². The normalized spacial score (nSPS) is 12.7. The van der Waals surface area contributed by atoms with E-state index in [1.54, 1.807) is 13.0 Å². The van der Waals surface area contributed by atoms with Crippen LogP contribution in [0.25, 0.3) is 10.9 Å². The highest BCUT2D eigenvalue weighted by Gasteiger charge is 2.19. The van der Waals surface area contributed by atoms with Crippen molar-refractivity contribution in [2.75, 3.05) is 25.1 Å². The highest BCUT2D eigenvalue weighted by atomic mass is 35.5. The van der Waals surface area contributed by atoms with E-state index in [0.717, 1.165) is 22.2 Å². The number of halogens is 1. The second-order valence-electron chi connectivity index (χ2n) is 6.37. The predicted molar refractivity (Wildman–Crippen MR) is 108 cm³/mol. The molecule has 28 heavy (non-hydrogen) atoms. The fraction of sp³-hybridized carbons (Fsp3) is 0.238. The summed E-state index contributed by atoms with van der Waals surface area (Å²) in [5.74, 6) is 0.900. The average Bonchev–Trinajstić information content (AvgIpc) is 2.68. The molecule has 0 bridgehead atoms. The van der Waals surface area contributed by atoms with Crippen LogP contribution in [-0.4, -0.2) is 30.8 Å². The van der Waals surface area contributed by atoms with Crippen LogP contribution in [0.1, 0.15) is 22.8 Å². The number of nitrogens with zero attached hydrogens (tertiary/aromatic N) is 1. The zero-order chi connectivity index (χ0) is 19.7. The minimum absolute atomic E-state index is 0.273. The van der Waals surface area contributed by atoms with E-state index in [1.807, 2.05) is 31.2 Å². The summed E-state index contributed by atoms with van der Waals surface area (Å²) in [6.45, 7) is 4.99. The van der Waals surface area contributed by atoms with E-state index < -0.39 is 5.97 Å². The van der Waals surface area contributed by atoms with Crippen molar-refractivity contribution < 1.29 is 19.0 Å². The lowest BCUT2D eigenvalue weighted by atomic mass is 10.1. The first kappa shape index (κ1) is 18.4. The standard InChI is InChI=1S/C21H19ClN2O4/c1-3-26-21(25)16-11-23-19-12(2)8-13(22)9-15(19)20(16)24-14-4-5-17-18(10-14)28-7-6-27-17/h4-5,8-11H,3,6-7H2,1-2H3,(H,23,24). The molecule has 1 aliphatic heterocycles. The van der Waals surface area contributed by atoms with Crippen molar-refractivity contribution in [1.29, 1.82) is 0 Å². The number of anilines is 2. The van der Waals surface area contributed by atoms with Gasteiger partial charge in [-0.3, -0.25) is 4.98 Å². The van der Waals surface area contributed by atoms with Crippen LogP contribution in [0.3, 0.4) is 0 Å². The summed E-state index contributed by atoms with van der Waals surface area (Å²) in [6.07, 6.45) is 1.53. The lowest BCUT2D eigenvalue weighted by Crippen LogP contribution is -2.15. The molecule has 0 aliphatic carbocycles. The third-order valence-electron chi connectivity index (χ3n) is 4.43. The monoisotopic (exact) mass is 398 g/mol. The smallest absolute Gasteiger partial charge is 0.341 e. The number of ether oxygens (including phenoxy) is 3. The minimum atomic E-state index is -0.449. The van der Waals surface area contributed by atoms with Crippen molar-refractivity contribution in [2.45, 2.75) is 13.8 Å². The Hall–Kier alpha value is -2.99. The maximum absolute atomic E-state index is 12.5. The van der Waals surface area contributed by atoms with Gasteiger partial charge >= 0.3 is 5.97 Å². The average molecular weight is 399 g/mol. The van der Waals surface area contributed by atoms with E-state index in [-0.39, 0.29) is 6.61 Å². The zero-order valence-electron chi connectivity index (χ0n) is 15.5. The number of carbonyl (C=O) groups excluding carboxylic acids is 1. The number of hydrogen-bond donors (Lipinski definition) is 1. The first-order valence-electron chi connectivity index (χ1n) is 8.99. The van der Waals surface area contributed by atoms with Crippen molar-refractivity contribution in [2.24, 2.45) is 0 Å².